The Kier molecular flexibility index (Phi) is 5.16. The van der Waals surface area contributed by atoms with Crippen LogP contribution in [0.25, 0.3) is 104 Å². The Labute approximate surface area is 283 Å². The lowest BCUT2D eigenvalue weighted by Crippen LogP contribution is -1.94. The normalized spacial score (nSPS) is 12.0. The number of aromatic nitrogens is 2. The van der Waals surface area contributed by atoms with Crippen LogP contribution in [0.3, 0.4) is 0 Å². The maximum absolute atomic E-state index is 9.65. The van der Waals surface area contributed by atoms with Crippen molar-refractivity contribution in [1.82, 2.24) is 9.13 Å². The van der Waals surface area contributed by atoms with Gasteiger partial charge in [0.25, 0.3) is 0 Å². The fraction of sp³-hybridized carbons (Fsp3) is 0. The molecule has 0 radical (unpaired) electrons. The van der Waals surface area contributed by atoms with E-state index in [1.165, 1.54) is 0 Å². The summed E-state index contributed by atoms with van der Waals surface area (Å²) in [5.41, 5.74) is 10.6. The van der Waals surface area contributed by atoms with Gasteiger partial charge in [-0.2, -0.15) is 5.26 Å². The summed E-state index contributed by atoms with van der Waals surface area (Å²) in [6.45, 7) is 7.59. The van der Waals surface area contributed by atoms with Gasteiger partial charge in [-0.25, -0.2) is 4.85 Å². The van der Waals surface area contributed by atoms with Gasteiger partial charge in [0.1, 0.15) is 22.3 Å². The molecule has 0 aliphatic rings. The summed E-state index contributed by atoms with van der Waals surface area (Å²) in [6, 6.07) is 47.5. The van der Waals surface area contributed by atoms with Crippen molar-refractivity contribution in [2.24, 2.45) is 0 Å². The predicted molar refractivity (Wildman–Crippen MR) is 201 cm³/mol. The maximum Gasteiger partial charge on any atom is 0.188 e. The lowest BCUT2D eigenvalue weighted by Gasteiger charge is -2.09. The summed E-state index contributed by atoms with van der Waals surface area (Å²) < 4.78 is 17.4. The molecule has 50 heavy (non-hydrogen) atoms. The van der Waals surface area contributed by atoms with Crippen LogP contribution >= 0.6 is 0 Å². The van der Waals surface area contributed by atoms with Crippen molar-refractivity contribution in [2.75, 3.05) is 0 Å². The molecule has 0 N–H and O–H groups in total. The molecule has 7 aromatic carbocycles. The minimum absolute atomic E-state index is 0.564. The van der Waals surface area contributed by atoms with Crippen LogP contribution in [0.2, 0.25) is 0 Å². The zero-order valence-electron chi connectivity index (χ0n) is 26.3. The molecule has 0 saturated heterocycles. The highest BCUT2D eigenvalue weighted by Gasteiger charge is 2.20. The molecule has 0 amide bonds. The number of benzene rings is 7. The van der Waals surface area contributed by atoms with Crippen LogP contribution in [0.15, 0.2) is 142 Å². The maximum atomic E-state index is 9.65. The zero-order valence-corrected chi connectivity index (χ0v) is 26.3. The average Bonchev–Trinajstić information content (AvgIpc) is 3.91. The minimum atomic E-state index is 0.564. The summed E-state index contributed by atoms with van der Waals surface area (Å²) in [5, 5.41) is 18.0. The van der Waals surface area contributed by atoms with Crippen LogP contribution in [-0.4, -0.2) is 9.13 Å². The predicted octanol–water partition coefficient (Wildman–Crippen LogP) is 12.1. The highest BCUT2D eigenvalue weighted by Crippen LogP contribution is 2.42. The molecule has 0 fully saturated rings. The largest absolute Gasteiger partial charge is 0.456 e. The van der Waals surface area contributed by atoms with E-state index in [4.69, 9.17) is 15.4 Å². The molecule has 0 aliphatic heterocycles. The molecule has 0 unspecified atom stereocenters. The van der Waals surface area contributed by atoms with E-state index in [-0.39, 0.29) is 0 Å². The second kappa shape index (κ2) is 9.64. The summed E-state index contributed by atoms with van der Waals surface area (Å²) in [6.07, 6.45) is 0. The number of hydrogen-bond donors (Lipinski definition) is 0. The number of para-hydroxylation sites is 2. The fourth-order valence-electron chi connectivity index (χ4n) is 7.97. The molecule has 11 aromatic rings. The Balaban J connectivity index is 1.16. The van der Waals surface area contributed by atoms with Crippen molar-refractivity contribution in [1.29, 1.82) is 5.26 Å². The molecular formula is C44H22N4O2. The van der Waals surface area contributed by atoms with E-state index < -0.39 is 0 Å². The van der Waals surface area contributed by atoms with Gasteiger partial charge in [-0.3, -0.25) is 0 Å². The van der Waals surface area contributed by atoms with Crippen molar-refractivity contribution < 1.29 is 8.83 Å². The van der Waals surface area contributed by atoms with Crippen molar-refractivity contribution >= 4 is 93.2 Å². The smallest absolute Gasteiger partial charge is 0.188 e. The first-order chi connectivity index (χ1) is 24.7. The molecule has 11 rings (SSSR count). The van der Waals surface area contributed by atoms with E-state index in [1.54, 1.807) is 0 Å². The van der Waals surface area contributed by atoms with Crippen molar-refractivity contribution in [2.45, 2.75) is 0 Å². The van der Waals surface area contributed by atoms with Crippen LogP contribution in [0.1, 0.15) is 5.56 Å². The minimum Gasteiger partial charge on any atom is -0.456 e. The molecule has 6 nitrogen and oxygen atoms in total. The van der Waals surface area contributed by atoms with Gasteiger partial charge in [0.05, 0.1) is 45.7 Å². The Morgan fingerprint density at radius 2 is 1.12 bits per heavy atom. The summed E-state index contributed by atoms with van der Waals surface area (Å²) >= 11 is 0. The molecule has 0 bridgehead atoms. The quantitative estimate of drug-likeness (QED) is 0.177. The van der Waals surface area contributed by atoms with Gasteiger partial charge in [0, 0.05) is 43.7 Å². The topological polar surface area (TPSA) is 64.3 Å². The number of nitrogens with zero attached hydrogens (tertiary/aromatic N) is 4. The van der Waals surface area contributed by atoms with E-state index in [0.29, 0.717) is 11.3 Å². The molecule has 0 saturated carbocycles. The fourth-order valence-corrected chi connectivity index (χ4v) is 7.97. The number of fused-ring (bicyclic) bond motifs is 13. The first kappa shape index (κ1) is 26.8. The van der Waals surface area contributed by atoms with Gasteiger partial charge in [-0.15, -0.1) is 0 Å². The van der Waals surface area contributed by atoms with Crippen LogP contribution < -0.4 is 0 Å². The second-order valence-electron chi connectivity index (χ2n) is 12.7. The standard InChI is InChI=1S/C44H22N4O2/c1-46-26-11-16-38-33(21-26)32-20-25(24-45)10-15-37(32)47(38)27-12-18-41-34(22-27)35-23-28(13-19-42(35)49-41)48-36-8-4-2-7-31(36)43-39(48)17-14-30-29-6-3-5-9-40(29)50-44(30)43/h2-23H. The molecule has 0 spiro atoms. The highest BCUT2D eigenvalue weighted by molar-refractivity contribution is 6.24. The number of hydrogen-bond acceptors (Lipinski definition) is 3. The van der Waals surface area contributed by atoms with Crippen molar-refractivity contribution in [3.63, 3.8) is 0 Å². The molecule has 0 atom stereocenters. The van der Waals surface area contributed by atoms with Crippen molar-refractivity contribution in [3.8, 4) is 17.4 Å². The van der Waals surface area contributed by atoms with Gasteiger partial charge in [-0.1, -0.05) is 42.5 Å². The molecule has 6 heteroatoms. The summed E-state index contributed by atoms with van der Waals surface area (Å²) in [4.78, 5) is 3.67. The Morgan fingerprint density at radius 3 is 1.88 bits per heavy atom. The molecule has 4 aromatic heterocycles. The highest BCUT2D eigenvalue weighted by atomic mass is 16.3. The van der Waals surface area contributed by atoms with Gasteiger partial charge in [0.2, 0.25) is 0 Å². The summed E-state index contributed by atoms with van der Waals surface area (Å²) in [7, 11) is 0. The van der Waals surface area contributed by atoms with E-state index in [2.05, 4.69) is 98.9 Å². The van der Waals surface area contributed by atoms with E-state index in [9.17, 15) is 5.26 Å². The van der Waals surface area contributed by atoms with Gasteiger partial charge in [0.15, 0.2) is 5.69 Å². The lowest BCUT2D eigenvalue weighted by atomic mass is 10.1. The van der Waals surface area contributed by atoms with Gasteiger partial charge in [-0.05, 0) is 96.4 Å². The van der Waals surface area contributed by atoms with Gasteiger partial charge < -0.3 is 18.0 Å². The van der Waals surface area contributed by atoms with E-state index >= 15 is 0 Å². The SMILES string of the molecule is [C-]#[N+]c1ccc2c(c1)c1cc(C#N)ccc1n2-c1ccc2oc3ccc(-n4c5ccccc5c5c6oc7ccccc7c6ccc54)cc3c2c1. The van der Waals surface area contributed by atoms with Crippen molar-refractivity contribution in [3.05, 3.63) is 150 Å². The lowest BCUT2D eigenvalue weighted by molar-refractivity contribution is 0.668. The van der Waals surface area contributed by atoms with Crippen LogP contribution in [-0.2, 0) is 0 Å². The monoisotopic (exact) mass is 638 g/mol. The third-order valence-corrected chi connectivity index (χ3v) is 10.1. The number of rotatable bonds is 2. The van der Waals surface area contributed by atoms with E-state index in [0.717, 1.165) is 98.9 Å². The first-order valence-corrected chi connectivity index (χ1v) is 16.3. The Hall–Kier alpha value is -7.28. The molecule has 0 aliphatic carbocycles. The van der Waals surface area contributed by atoms with Gasteiger partial charge >= 0.3 is 0 Å². The Bertz CT molecular complexity index is 3280. The van der Waals surface area contributed by atoms with Crippen LogP contribution in [0.5, 0.6) is 0 Å². The van der Waals surface area contributed by atoms with Crippen LogP contribution in [0, 0.1) is 17.9 Å². The third kappa shape index (κ3) is 3.49. The molecule has 4 heterocycles. The first-order valence-electron chi connectivity index (χ1n) is 16.3. The third-order valence-electron chi connectivity index (χ3n) is 10.1. The second-order valence-corrected chi connectivity index (χ2v) is 12.7. The number of nitriles is 1. The van der Waals surface area contributed by atoms with Crippen LogP contribution in [0.4, 0.5) is 5.69 Å². The van der Waals surface area contributed by atoms with E-state index in [1.807, 2.05) is 54.6 Å². The summed E-state index contributed by atoms with van der Waals surface area (Å²) in [5.74, 6) is 0. The average molecular weight is 639 g/mol. The zero-order chi connectivity index (χ0) is 33.1. The Morgan fingerprint density at radius 1 is 0.500 bits per heavy atom. The number of furan rings is 2. The molecule has 230 valence electrons. The molecular weight excluding hydrogens is 617 g/mol.